The molecule has 0 saturated heterocycles. The highest BCUT2D eigenvalue weighted by molar-refractivity contribution is 6.31. The Morgan fingerprint density at radius 3 is 2.52 bits per heavy atom. The Balaban J connectivity index is 2.01. The number of carbonyl (C=O) groups is 1. The minimum Gasteiger partial charge on any atom is -0.484 e. The lowest BCUT2D eigenvalue weighted by Crippen LogP contribution is -2.34. The van der Waals surface area contributed by atoms with Crippen LogP contribution in [0.3, 0.4) is 0 Å². The highest BCUT2D eigenvalue weighted by atomic mass is 35.5. The fourth-order valence-corrected chi connectivity index (χ4v) is 2.16. The highest BCUT2D eigenvalue weighted by Crippen LogP contribution is 2.21. The number of nitrogens with zero attached hydrogens (tertiary/aromatic N) is 1. The molecule has 0 fully saturated rings. The molecule has 0 bridgehead atoms. The van der Waals surface area contributed by atoms with Gasteiger partial charge in [0.05, 0.1) is 0 Å². The predicted molar refractivity (Wildman–Crippen MR) is 86.2 cm³/mol. The molecule has 0 aromatic heterocycles. The SMILES string of the molecule is CCN(C(=O)COc1ccc(Cl)c(C)c1)c1ccccc1. The Bertz CT molecular complexity index is 613. The lowest BCUT2D eigenvalue weighted by molar-refractivity contribution is -0.120. The summed E-state index contributed by atoms with van der Waals surface area (Å²) in [6, 6.07) is 14.9. The first kappa shape index (κ1) is 15.4. The molecule has 0 aliphatic rings. The molecule has 21 heavy (non-hydrogen) atoms. The molecule has 0 unspecified atom stereocenters. The Hall–Kier alpha value is -2.00. The third kappa shape index (κ3) is 3.99. The first-order valence-electron chi connectivity index (χ1n) is 6.86. The number of rotatable bonds is 5. The molecule has 0 saturated carbocycles. The Kier molecular flexibility index (Phi) is 5.23. The first-order chi connectivity index (χ1) is 10.1. The summed E-state index contributed by atoms with van der Waals surface area (Å²) in [6.45, 7) is 4.45. The van der Waals surface area contributed by atoms with E-state index in [9.17, 15) is 4.79 Å². The van der Waals surface area contributed by atoms with Gasteiger partial charge in [0, 0.05) is 17.3 Å². The zero-order chi connectivity index (χ0) is 15.2. The van der Waals surface area contributed by atoms with Gasteiger partial charge in [0.1, 0.15) is 5.75 Å². The first-order valence-corrected chi connectivity index (χ1v) is 7.24. The maximum absolute atomic E-state index is 12.3. The van der Waals surface area contributed by atoms with Gasteiger partial charge in [-0.15, -0.1) is 0 Å². The number of hydrogen-bond donors (Lipinski definition) is 0. The second-order valence-corrected chi connectivity index (χ2v) is 5.08. The molecule has 0 aliphatic carbocycles. The van der Waals surface area contributed by atoms with E-state index in [1.165, 1.54) is 0 Å². The van der Waals surface area contributed by atoms with Gasteiger partial charge in [-0.05, 0) is 49.7 Å². The molecule has 0 spiro atoms. The van der Waals surface area contributed by atoms with E-state index >= 15 is 0 Å². The largest absolute Gasteiger partial charge is 0.484 e. The molecule has 0 aliphatic heterocycles. The molecule has 0 atom stereocenters. The van der Waals surface area contributed by atoms with Gasteiger partial charge in [-0.25, -0.2) is 0 Å². The van der Waals surface area contributed by atoms with Crippen LogP contribution in [0.2, 0.25) is 5.02 Å². The monoisotopic (exact) mass is 303 g/mol. The molecule has 0 N–H and O–H groups in total. The van der Waals surface area contributed by atoms with Gasteiger partial charge >= 0.3 is 0 Å². The lowest BCUT2D eigenvalue weighted by Gasteiger charge is -2.21. The van der Waals surface area contributed by atoms with E-state index in [2.05, 4.69) is 0 Å². The third-order valence-corrected chi connectivity index (χ3v) is 3.60. The van der Waals surface area contributed by atoms with Crippen molar-refractivity contribution in [3.8, 4) is 5.75 Å². The summed E-state index contributed by atoms with van der Waals surface area (Å²) < 4.78 is 5.56. The van der Waals surface area contributed by atoms with Crippen LogP contribution in [-0.4, -0.2) is 19.1 Å². The molecular weight excluding hydrogens is 286 g/mol. The number of para-hydroxylation sites is 1. The number of hydrogen-bond acceptors (Lipinski definition) is 2. The van der Waals surface area contributed by atoms with E-state index in [0.29, 0.717) is 17.3 Å². The van der Waals surface area contributed by atoms with Gasteiger partial charge < -0.3 is 9.64 Å². The molecule has 2 rings (SSSR count). The van der Waals surface area contributed by atoms with Gasteiger partial charge in [-0.3, -0.25) is 4.79 Å². The number of likely N-dealkylation sites (N-methyl/N-ethyl adjacent to an activating group) is 1. The lowest BCUT2D eigenvalue weighted by atomic mass is 10.2. The Morgan fingerprint density at radius 2 is 1.90 bits per heavy atom. The van der Waals surface area contributed by atoms with Crippen LogP contribution in [0.15, 0.2) is 48.5 Å². The van der Waals surface area contributed by atoms with Crippen molar-refractivity contribution in [1.29, 1.82) is 0 Å². The van der Waals surface area contributed by atoms with Crippen molar-refractivity contribution in [3.63, 3.8) is 0 Å². The maximum atomic E-state index is 12.3. The standard InChI is InChI=1S/C17H18ClNO2/c1-3-19(14-7-5-4-6-8-14)17(20)12-21-15-9-10-16(18)13(2)11-15/h4-11H,3,12H2,1-2H3. The van der Waals surface area contributed by atoms with Gasteiger partial charge in [-0.1, -0.05) is 29.8 Å². The molecule has 2 aromatic carbocycles. The number of amides is 1. The molecule has 1 amide bonds. The summed E-state index contributed by atoms with van der Waals surface area (Å²) in [7, 11) is 0. The number of carbonyl (C=O) groups excluding carboxylic acids is 1. The molecule has 4 heteroatoms. The van der Waals surface area contributed by atoms with Crippen LogP contribution in [0.4, 0.5) is 5.69 Å². The van der Waals surface area contributed by atoms with Gasteiger partial charge in [0.15, 0.2) is 6.61 Å². The second kappa shape index (κ2) is 7.14. The van der Waals surface area contributed by atoms with Crippen LogP contribution in [-0.2, 0) is 4.79 Å². The molecule has 3 nitrogen and oxygen atoms in total. The van der Waals surface area contributed by atoms with Crippen LogP contribution in [0.25, 0.3) is 0 Å². The summed E-state index contributed by atoms with van der Waals surface area (Å²) in [5, 5.41) is 0.688. The third-order valence-electron chi connectivity index (χ3n) is 3.18. The topological polar surface area (TPSA) is 29.5 Å². The van der Waals surface area contributed by atoms with E-state index < -0.39 is 0 Å². The van der Waals surface area contributed by atoms with Crippen LogP contribution in [0.1, 0.15) is 12.5 Å². The van der Waals surface area contributed by atoms with E-state index in [-0.39, 0.29) is 12.5 Å². The van der Waals surface area contributed by atoms with Crippen molar-refractivity contribution in [1.82, 2.24) is 0 Å². The van der Waals surface area contributed by atoms with E-state index in [4.69, 9.17) is 16.3 Å². The smallest absolute Gasteiger partial charge is 0.264 e. The summed E-state index contributed by atoms with van der Waals surface area (Å²) in [4.78, 5) is 14.0. The van der Waals surface area contributed by atoms with Crippen molar-refractivity contribution < 1.29 is 9.53 Å². The number of halogens is 1. The van der Waals surface area contributed by atoms with Crippen LogP contribution in [0.5, 0.6) is 5.75 Å². The summed E-state index contributed by atoms with van der Waals surface area (Å²) >= 11 is 5.97. The molecular formula is C17H18ClNO2. The number of ether oxygens (including phenoxy) is 1. The average molecular weight is 304 g/mol. The van der Waals surface area contributed by atoms with Crippen LogP contribution in [0, 0.1) is 6.92 Å². The quantitative estimate of drug-likeness (QED) is 0.833. The fraction of sp³-hybridized carbons (Fsp3) is 0.235. The van der Waals surface area contributed by atoms with Crippen molar-refractivity contribution in [2.45, 2.75) is 13.8 Å². The van der Waals surface area contributed by atoms with Gasteiger partial charge in [-0.2, -0.15) is 0 Å². The van der Waals surface area contributed by atoms with E-state index in [0.717, 1.165) is 11.3 Å². The Labute approximate surface area is 130 Å². The average Bonchev–Trinajstić information content (AvgIpc) is 2.50. The van der Waals surface area contributed by atoms with Crippen molar-refractivity contribution >= 4 is 23.2 Å². The second-order valence-electron chi connectivity index (χ2n) is 4.67. The Morgan fingerprint density at radius 1 is 1.19 bits per heavy atom. The fourth-order valence-electron chi connectivity index (χ4n) is 2.04. The van der Waals surface area contributed by atoms with E-state index in [1.807, 2.05) is 50.2 Å². The maximum Gasteiger partial charge on any atom is 0.264 e. The predicted octanol–water partition coefficient (Wildman–Crippen LogP) is 4.08. The molecule has 0 radical (unpaired) electrons. The minimum absolute atomic E-state index is 0.00378. The normalized spacial score (nSPS) is 10.2. The summed E-state index contributed by atoms with van der Waals surface area (Å²) in [6.07, 6.45) is 0. The summed E-state index contributed by atoms with van der Waals surface area (Å²) in [5.41, 5.74) is 1.80. The van der Waals surface area contributed by atoms with Crippen molar-refractivity contribution in [3.05, 3.63) is 59.1 Å². The van der Waals surface area contributed by atoms with Gasteiger partial charge in [0.2, 0.25) is 0 Å². The van der Waals surface area contributed by atoms with Crippen molar-refractivity contribution in [2.75, 3.05) is 18.1 Å². The minimum atomic E-state index is -0.0729. The number of benzene rings is 2. The zero-order valence-corrected chi connectivity index (χ0v) is 12.9. The van der Waals surface area contributed by atoms with Crippen LogP contribution < -0.4 is 9.64 Å². The number of anilines is 1. The van der Waals surface area contributed by atoms with E-state index in [1.54, 1.807) is 17.0 Å². The summed E-state index contributed by atoms with van der Waals surface area (Å²) in [5.74, 6) is 0.575. The molecule has 0 heterocycles. The van der Waals surface area contributed by atoms with Gasteiger partial charge in [0.25, 0.3) is 5.91 Å². The van der Waals surface area contributed by atoms with Crippen LogP contribution >= 0.6 is 11.6 Å². The molecule has 110 valence electrons. The highest BCUT2D eigenvalue weighted by Gasteiger charge is 2.14. The molecule has 2 aromatic rings. The number of aryl methyl sites for hydroxylation is 1. The zero-order valence-electron chi connectivity index (χ0n) is 12.2. The van der Waals surface area contributed by atoms with Crippen molar-refractivity contribution in [2.24, 2.45) is 0 Å².